The zero-order valence-corrected chi connectivity index (χ0v) is 15.3. The number of alkyl halides is 3. The van der Waals surface area contributed by atoms with E-state index in [2.05, 4.69) is 9.97 Å². The molecule has 0 unspecified atom stereocenters. The van der Waals surface area contributed by atoms with Crippen LogP contribution in [0.1, 0.15) is 43.2 Å². The van der Waals surface area contributed by atoms with Crippen LogP contribution in [0.2, 0.25) is 0 Å². The third-order valence-electron chi connectivity index (χ3n) is 5.55. The number of benzene rings is 1. The zero-order valence-electron chi connectivity index (χ0n) is 15.3. The maximum absolute atomic E-state index is 12.9. The van der Waals surface area contributed by atoms with Gasteiger partial charge in [-0.3, -0.25) is 0 Å². The molecule has 1 spiro atoms. The van der Waals surface area contributed by atoms with Crippen LogP contribution in [0.15, 0.2) is 42.6 Å². The second-order valence-electron chi connectivity index (χ2n) is 7.52. The molecule has 2 aliphatic rings. The van der Waals surface area contributed by atoms with Gasteiger partial charge in [0.05, 0.1) is 17.8 Å². The summed E-state index contributed by atoms with van der Waals surface area (Å²) < 4.78 is 45.1. The molecular formula is C20H22F3N3O2. The van der Waals surface area contributed by atoms with Crippen LogP contribution in [-0.4, -0.2) is 39.9 Å². The molecule has 0 amide bonds. The van der Waals surface area contributed by atoms with Crippen LogP contribution >= 0.6 is 0 Å². The van der Waals surface area contributed by atoms with E-state index in [1.807, 2.05) is 35.2 Å². The number of nitrogens with zero attached hydrogens (tertiary/aromatic N) is 3. The molecule has 0 bridgehead atoms. The van der Waals surface area contributed by atoms with E-state index in [0.717, 1.165) is 11.8 Å². The molecule has 2 saturated heterocycles. The number of rotatable bonds is 2. The van der Waals surface area contributed by atoms with Gasteiger partial charge in [-0.05, 0) is 24.5 Å². The Morgan fingerprint density at radius 1 is 1.11 bits per heavy atom. The Labute approximate surface area is 161 Å². The first-order valence-corrected chi connectivity index (χ1v) is 9.41. The average Bonchev–Trinajstić information content (AvgIpc) is 2.68. The van der Waals surface area contributed by atoms with Crippen molar-refractivity contribution >= 4 is 5.82 Å². The van der Waals surface area contributed by atoms with E-state index in [4.69, 9.17) is 4.74 Å². The molecule has 28 heavy (non-hydrogen) atoms. The number of aliphatic hydroxyl groups excluding tert-OH is 1. The number of anilines is 1. The topological polar surface area (TPSA) is 58.5 Å². The molecule has 0 aliphatic carbocycles. The number of ether oxygens (including phenoxy) is 1. The predicted octanol–water partition coefficient (Wildman–Crippen LogP) is 3.75. The second kappa shape index (κ2) is 7.33. The Bertz CT molecular complexity index is 808. The molecule has 2 atom stereocenters. The van der Waals surface area contributed by atoms with Crippen molar-refractivity contribution in [3.05, 3.63) is 54.0 Å². The minimum Gasteiger partial charge on any atom is -0.393 e. The summed E-state index contributed by atoms with van der Waals surface area (Å²) in [6.45, 7) is 1.03. The quantitative estimate of drug-likeness (QED) is 0.842. The summed E-state index contributed by atoms with van der Waals surface area (Å²) in [5.74, 6) is -0.855. The molecule has 150 valence electrons. The molecule has 1 aromatic carbocycles. The first-order chi connectivity index (χ1) is 13.3. The third kappa shape index (κ3) is 3.98. The maximum atomic E-state index is 12.9. The SMILES string of the molecule is O[C@@H]1C[C@H](c2ccccc2)OC2(CCN(c3ccnc(C(F)(F)F)n3)CC2)C1. The third-order valence-corrected chi connectivity index (χ3v) is 5.55. The van der Waals surface area contributed by atoms with Crippen molar-refractivity contribution in [1.29, 1.82) is 0 Å². The van der Waals surface area contributed by atoms with Crippen molar-refractivity contribution in [1.82, 2.24) is 9.97 Å². The lowest BCUT2D eigenvalue weighted by Gasteiger charge is -2.48. The van der Waals surface area contributed by atoms with Gasteiger partial charge >= 0.3 is 6.18 Å². The minimum absolute atomic E-state index is 0.174. The molecule has 2 aliphatic heterocycles. The number of halogens is 3. The van der Waals surface area contributed by atoms with E-state index in [1.54, 1.807) is 0 Å². The highest BCUT2D eigenvalue weighted by molar-refractivity contribution is 5.38. The lowest BCUT2D eigenvalue weighted by Crippen LogP contribution is -2.51. The first-order valence-electron chi connectivity index (χ1n) is 9.41. The van der Waals surface area contributed by atoms with Gasteiger partial charge in [0, 0.05) is 32.1 Å². The standard InChI is InChI=1S/C20H22F3N3O2/c21-20(22,23)18-24-9-6-17(25-18)26-10-7-19(8-11-26)13-15(27)12-16(28-19)14-4-2-1-3-5-14/h1-6,9,15-16,27H,7-8,10-13H2/t15-,16-/m1/s1. The molecule has 2 aromatic rings. The molecule has 1 N–H and O–H groups in total. The predicted molar refractivity (Wildman–Crippen MR) is 96.7 cm³/mol. The lowest BCUT2D eigenvalue weighted by atomic mass is 9.81. The van der Waals surface area contributed by atoms with Crippen molar-refractivity contribution in [3.8, 4) is 0 Å². The fourth-order valence-corrected chi connectivity index (χ4v) is 4.16. The highest BCUT2D eigenvalue weighted by atomic mass is 19.4. The van der Waals surface area contributed by atoms with Gasteiger partial charge in [0.1, 0.15) is 5.82 Å². The first kappa shape index (κ1) is 19.1. The minimum atomic E-state index is -4.56. The van der Waals surface area contributed by atoms with Gasteiger partial charge in [0.2, 0.25) is 5.82 Å². The van der Waals surface area contributed by atoms with Crippen molar-refractivity contribution in [3.63, 3.8) is 0 Å². The summed E-state index contributed by atoms with van der Waals surface area (Å²) in [6.07, 6.45) is -1.71. The van der Waals surface area contributed by atoms with Gasteiger partial charge in [-0.1, -0.05) is 30.3 Å². The van der Waals surface area contributed by atoms with Gasteiger partial charge in [-0.15, -0.1) is 0 Å². The van der Waals surface area contributed by atoms with Crippen molar-refractivity contribution in [2.24, 2.45) is 0 Å². The zero-order chi connectivity index (χ0) is 19.8. The van der Waals surface area contributed by atoms with Crippen LogP contribution in [0.25, 0.3) is 0 Å². The van der Waals surface area contributed by atoms with E-state index >= 15 is 0 Å². The molecule has 0 saturated carbocycles. The normalized spacial score (nSPS) is 25.1. The van der Waals surface area contributed by atoms with Crippen molar-refractivity contribution in [2.75, 3.05) is 18.0 Å². The summed E-state index contributed by atoms with van der Waals surface area (Å²) >= 11 is 0. The van der Waals surface area contributed by atoms with Crippen LogP contribution < -0.4 is 4.90 Å². The van der Waals surface area contributed by atoms with E-state index < -0.39 is 23.7 Å². The molecule has 4 rings (SSSR count). The molecule has 8 heteroatoms. The smallest absolute Gasteiger partial charge is 0.393 e. The lowest BCUT2D eigenvalue weighted by molar-refractivity contribution is -0.173. The van der Waals surface area contributed by atoms with Gasteiger partial charge in [0.25, 0.3) is 0 Å². The van der Waals surface area contributed by atoms with Gasteiger partial charge in [0.15, 0.2) is 0 Å². The van der Waals surface area contributed by atoms with E-state index in [9.17, 15) is 18.3 Å². The summed E-state index contributed by atoms with van der Waals surface area (Å²) in [4.78, 5) is 8.82. The summed E-state index contributed by atoms with van der Waals surface area (Å²) in [7, 11) is 0. The van der Waals surface area contributed by atoms with Gasteiger partial charge in [-0.25, -0.2) is 9.97 Å². The Morgan fingerprint density at radius 2 is 1.82 bits per heavy atom. The maximum Gasteiger partial charge on any atom is 0.451 e. The number of piperidine rings is 1. The van der Waals surface area contributed by atoms with Gasteiger partial charge in [-0.2, -0.15) is 13.2 Å². The fraction of sp³-hybridized carbons (Fsp3) is 0.500. The summed E-state index contributed by atoms with van der Waals surface area (Å²) in [5.41, 5.74) is 0.572. The molecule has 2 fully saturated rings. The molecule has 1 aromatic heterocycles. The fourth-order valence-electron chi connectivity index (χ4n) is 4.16. The van der Waals surface area contributed by atoms with Crippen LogP contribution in [-0.2, 0) is 10.9 Å². The van der Waals surface area contributed by atoms with Crippen LogP contribution in [0.4, 0.5) is 19.0 Å². The highest BCUT2D eigenvalue weighted by Gasteiger charge is 2.44. The van der Waals surface area contributed by atoms with Crippen molar-refractivity contribution < 1.29 is 23.0 Å². The van der Waals surface area contributed by atoms with E-state index in [1.165, 1.54) is 6.07 Å². The molecule has 5 nitrogen and oxygen atoms in total. The number of aromatic nitrogens is 2. The van der Waals surface area contributed by atoms with Crippen molar-refractivity contribution in [2.45, 2.75) is 49.7 Å². The summed E-state index contributed by atoms with van der Waals surface area (Å²) in [6, 6.07) is 11.3. The van der Waals surface area contributed by atoms with Gasteiger partial charge < -0.3 is 14.7 Å². The number of hydrogen-bond donors (Lipinski definition) is 1. The number of aliphatic hydroxyl groups is 1. The molecule has 0 radical (unpaired) electrons. The molecule has 3 heterocycles. The largest absolute Gasteiger partial charge is 0.451 e. The average molecular weight is 393 g/mol. The van der Waals surface area contributed by atoms with Crippen LogP contribution in [0, 0.1) is 0 Å². The van der Waals surface area contributed by atoms with Crippen LogP contribution in [0.3, 0.4) is 0 Å². The Kier molecular flexibility index (Phi) is 5.01. The number of hydrogen-bond acceptors (Lipinski definition) is 5. The monoisotopic (exact) mass is 393 g/mol. The second-order valence-corrected chi connectivity index (χ2v) is 7.52. The van der Waals surface area contributed by atoms with E-state index in [0.29, 0.717) is 38.8 Å². The highest BCUT2D eigenvalue weighted by Crippen LogP contribution is 2.43. The Balaban J connectivity index is 1.47. The Hall–Kier alpha value is -2.19. The van der Waals surface area contributed by atoms with Crippen LogP contribution in [0.5, 0.6) is 0 Å². The summed E-state index contributed by atoms with van der Waals surface area (Å²) in [5, 5.41) is 10.4. The Morgan fingerprint density at radius 3 is 2.50 bits per heavy atom. The molecular weight excluding hydrogens is 371 g/mol. The van der Waals surface area contributed by atoms with E-state index in [-0.39, 0.29) is 11.9 Å².